The second-order valence-electron chi connectivity index (χ2n) is 7.23. The average Bonchev–Trinajstić information content (AvgIpc) is 2.63. The number of benzene rings is 1. The number of aliphatic hydroxyl groups excluding tert-OH is 1. The molecule has 0 radical (unpaired) electrons. The predicted octanol–water partition coefficient (Wildman–Crippen LogP) is 2.57. The molecular weight excluding hydrogens is 340 g/mol. The maximum atomic E-state index is 12.8. The van der Waals surface area contributed by atoms with Gasteiger partial charge in [0.05, 0.1) is 0 Å². The minimum atomic E-state index is -0.0102. The van der Waals surface area contributed by atoms with Crippen LogP contribution in [0, 0.1) is 5.41 Å². The Hall–Kier alpha value is -1.59. The number of piperidine rings is 2. The number of carbonyl (C=O) groups is 2. The van der Waals surface area contributed by atoms with Gasteiger partial charge in [0.15, 0.2) is 0 Å². The molecule has 1 spiro atoms. The zero-order chi connectivity index (χ0) is 17.9. The summed E-state index contributed by atoms with van der Waals surface area (Å²) in [6.45, 7) is 2.83. The topological polar surface area (TPSA) is 60.9 Å². The molecule has 1 N–H and O–H groups in total. The molecular formula is C19H25ClN2O3. The normalized spacial score (nSPS) is 24.0. The lowest BCUT2D eigenvalue weighted by atomic mass is 9.73. The molecule has 0 bridgehead atoms. The lowest BCUT2D eigenvalue weighted by Crippen LogP contribution is -2.55. The van der Waals surface area contributed by atoms with Crippen LogP contribution in [0.2, 0.25) is 5.02 Å². The van der Waals surface area contributed by atoms with E-state index in [9.17, 15) is 9.59 Å². The molecule has 2 amide bonds. The van der Waals surface area contributed by atoms with Gasteiger partial charge in [-0.05, 0) is 49.9 Å². The summed E-state index contributed by atoms with van der Waals surface area (Å²) < 4.78 is 0. The summed E-state index contributed by atoms with van der Waals surface area (Å²) in [6, 6.07) is 7.02. The predicted molar refractivity (Wildman–Crippen MR) is 96.5 cm³/mol. The first-order chi connectivity index (χ1) is 12.0. The van der Waals surface area contributed by atoms with Gasteiger partial charge in [-0.1, -0.05) is 11.6 Å². The molecule has 136 valence electrons. The first-order valence-electron chi connectivity index (χ1n) is 8.96. The molecule has 0 aliphatic carbocycles. The Morgan fingerprint density at radius 1 is 1.20 bits per heavy atom. The van der Waals surface area contributed by atoms with E-state index in [2.05, 4.69) is 0 Å². The Kier molecular flexibility index (Phi) is 5.64. The zero-order valence-corrected chi connectivity index (χ0v) is 15.2. The van der Waals surface area contributed by atoms with Crippen molar-refractivity contribution in [1.29, 1.82) is 0 Å². The Morgan fingerprint density at radius 2 is 1.96 bits per heavy atom. The second-order valence-corrected chi connectivity index (χ2v) is 7.67. The van der Waals surface area contributed by atoms with Crippen LogP contribution >= 0.6 is 11.6 Å². The van der Waals surface area contributed by atoms with E-state index in [0.717, 1.165) is 25.8 Å². The molecule has 1 aromatic rings. The molecule has 3 rings (SSSR count). The first kappa shape index (κ1) is 18.2. The number of hydrogen-bond acceptors (Lipinski definition) is 3. The number of hydrogen-bond donors (Lipinski definition) is 1. The molecule has 5 nitrogen and oxygen atoms in total. The van der Waals surface area contributed by atoms with Gasteiger partial charge in [0.25, 0.3) is 5.91 Å². The Balaban J connectivity index is 1.70. The van der Waals surface area contributed by atoms with Crippen LogP contribution in [0.5, 0.6) is 0 Å². The zero-order valence-electron chi connectivity index (χ0n) is 14.4. The monoisotopic (exact) mass is 364 g/mol. The number of rotatable bonds is 4. The molecule has 0 unspecified atom stereocenters. The van der Waals surface area contributed by atoms with Crippen LogP contribution in [0.25, 0.3) is 0 Å². The van der Waals surface area contributed by atoms with Crippen LogP contribution in [0.3, 0.4) is 0 Å². The highest BCUT2D eigenvalue weighted by molar-refractivity contribution is 6.30. The number of halogens is 1. The lowest BCUT2D eigenvalue weighted by molar-refractivity contribution is -0.139. The van der Waals surface area contributed by atoms with E-state index in [1.807, 2.05) is 9.80 Å². The van der Waals surface area contributed by atoms with Gasteiger partial charge >= 0.3 is 0 Å². The molecule has 2 fully saturated rings. The molecule has 1 aromatic carbocycles. The SMILES string of the molecule is O=C1CC[C@]2(CCCN(C(=O)c3ccc(Cl)cc3)C2)CN1CCCO. The van der Waals surface area contributed by atoms with Gasteiger partial charge in [-0.25, -0.2) is 0 Å². The lowest BCUT2D eigenvalue weighted by Gasteiger charge is -2.48. The van der Waals surface area contributed by atoms with E-state index in [0.29, 0.717) is 43.1 Å². The summed E-state index contributed by atoms with van der Waals surface area (Å²) in [5, 5.41) is 9.67. The quantitative estimate of drug-likeness (QED) is 0.893. The van der Waals surface area contributed by atoms with Crippen LogP contribution in [0.15, 0.2) is 24.3 Å². The maximum Gasteiger partial charge on any atom is 0.253 e. The second kappa shape index (κ2) is 7.75. The highest BCUT2D eigenvalue weighted by Crippen LogP contribution is 2.39. The van der Waals surface area contributed by atoms with Crippen LogP contribution in [-0.4, -0.2) is 59.5 Å². The molecule has 2 heterocycles. The van der Waals surface area contributed by atoms with Crippen LogP contribution in [-0.2, 0) is 4.79 Å². The molecule has 25 heavy (non-hydrogen) atoms. The van der Waals surface area contributed by atoms with Gasteiger partial charge in [0.1, 0.15) is 0 Å². The summed E-state index contributed by atoms with van der Waals surface area (Å²) in [4.78, 5) is 28.8. The van der Waals surface area contributed by atoms with Crippen molar-refractivity contribution in [2.24, 2.45) is 5.41 Å². The van der Waals surface area contributed by atoms with E-state index in [-0.39, 0.29) is 23.8 Å². The van der Waals surface area contributed by atoms with E-state index in [4.69, 9.17) is 16.7 Å². The number of nitrogens with zero attached hydrogens (tertiary/aromatic N) is 2. The molecule has 0 aromatic heterocycles. The van der Waals surface area contributed by atoms with Crippen molar-refractivity contribution in [2.45, 2.75) is 32.1 Å². The van der Waals surface area contributed by atoms with Gasteiger partial charge in [0.2, 0.25) is 5.91 Å². The summed E-state index contributed by atoms with van der Waals surface area (Å²) >= 11 is 5.91. The van der Waals surface area contributed by atoms with Crippen molar-refractivity contribution in [1.82, 2.24) is 9.80 Å². The number of aliphatic hydroxyl groups is 1. The van der Waals surface area contributed by atoms with E-state index in [1.54, 1.807) is 24.3 Å². The van der Waals surface area contributed by atoms with Crippen molar-refractivity contribution in [3.63, 3.8) is 0 Å². The van der Waals surface area contributed by atoms with Crippen molar-refractivity contribution >= 4 is 23.4 Å². The molecule has 2 aliphatic rings. The highest BCUT2D eigenvalue weighted by Gasteiger charge is 2.42. The fourth-order valence-corrected chi connectivity index (χ4v) is 4.18. The number of amides is 2. The largest absolute Gasteiger partial charge is 0.396 e. The molecule has 1 atom stereocenters. The fraction of sp³-hybridized carbons (Fsp3) is 0.579. The minimum absolute atomic E-state index is 0.0102. The molecule has 2 saturated heterocycles. The third-order valence-corrected chi connectivity index (χ3v) is 5.63. The summed E-state index contributed by atoms with van der Waals surface area (Å²) in [7, 11) is 0. The maximum absolute atomic E-state index is 12.8. The van der Waals surface area contributed by atoms with Crippen molar-refractivity contribution < 1.29 is 14.7 Å². The van der Waals surface area contributed by atoms with Gasteiger partial charge in [-0.15, -0.1) is 0 Å². The van der Waals surface area contributed by atoms with Crippen molar-refractivity contribution in [3.05, 3.63) is 34.9 Å². The van der Waals surface area contributed by atoms with E-state index in [1.165, 1.54) is 0 Å². The van der Waals surface area contributed by atoms with Crippen LogP contribution in [0.4, 0.5) is 0 Å². The van der Waals surface area contributed by atoms with Crippen molar-refractivity contribution in [2.75, 3.05) is 32.8 Å². The number of carbonyl (C=O) groups excluding carboxylic acids is 2. The number of likely N-dealkylation sites (tertiary alicyclic amines) is 2. The minimum Gasteiger partial charge on any atom is -0.396 e. The summed E-state index contributed by atoms with van der Waals surface area (Å²) in [6.07, 6.45) is 3.98. The van der Waals surface area contributed by atoms with Crippen LogP contribution in [0.1, 0.15) is 42.5 Å². The average molecular weight is 365 g/mol. The fourth-order valence-electron chi connectivity index (χ4n) is 4.06. The molecule has 0 saturated carbocycles. The summed E-state index contributed by atoms with van der Waals surface area (Å²) in [5.74, 6) is 0.203. The van der Waals surface area contributed by atoms with Crippen molar-refractivity contribution in [3.8, 4) is 0 Å². The highest BCUT2D eigenvalue weighted by atomic mass is 35.5. The standard InChI is InChI=1S/C19H25ClN2O3/c20-16-5-3-15(4-6-16)18(25)22-10-1-8-19(14-22)9-7-17(24)21(13-19)11-2-12-23/h3-6,23H,1-2,7-14H2/t19-/m1/s1. The van der Waals surface area contributed by atoms with Gasteiger partial charge < -0.3 is 14.9 Å². The molecule has 2 aliphatic heterocycles. The first-order valence-corrected chi connectivity index (χ1v) is 9.34. The van der Waals surface area contributed by atoms with Gasteiger partial charge in [-0.3, -0.25) is 9.59 Å². The van der Waals surface area contributed by atoms with Gasteiger partial charge in [0, 0.05) is 55.2 Å². The molecule has 6 heteroatoms. The van der Waals surface area contributed by atoms with Crippen LogP contribution < -0.4 is 0 Å². The third kappa shape index (κ3) is 4.15. The Morgan fingerprint density at radius 3 is 2.68 bits per heavy atom. The smallest absolute Gasteiger partial charge is 0.253 e. The van der Waals surface area contributed by atoms with Gasteiger partial charge in [-0.2, -0.15) is 0 Å². The third-order valence-electron chi connectivity index (χ3n) is 5.37. The Labute approximate surface area is 153 Å². The van der Waals surface area contributed by atoms with E-state index >= 15 is 0 Å². The van der Waals surface area contributed by atoms with E-state index < -0.39 is 0 Å². The Bertz CT molecular complexity index is 634. The summed E-state index contributed by atoms with van der Waals surface area (Å²) in [5.41, 5.74) is 0.648.